The van der Waals surface area contributed by atoms with Gasteiger partial charge in [0.2, 0.25) is 0 Å². The van der Waals surface area contributed by atoms with E-state index < -0.39 is 0 Å². The minimum Gasteiger partial charge on any atom is -0.337 e. The number of aryl methyl sites for hydroxylation is 2. The molecule has 0 unspecified atom stereocenters. The number of nitrogens with one attached hydrogen (secondary N) is 1. The number of carbonyl (C=O) groups excluding carboxylic acids is 1. The van der Waals surface area contributed by atoms with Gasteiger partial charge in [-0.1, -0.05) is 6.07 Å². The van der Waals surface area contributed by atoms with Gasteiger partial charge >= 0.3 is 0 Å². The predicted octanol–water partition coefficient (Wildman–Crippen LogP) is 2.13. The van der Waals surface area contributed by atoms with Gasteiger partial charge in [0.15, 0.2) is 0 Å². The summed E-state index contributed by atoms with van der Waals surface area (Å²) in [6, 6.07) is 6.41. The van der Waals surface area contributed by atoms with E-state index in [0.717, 1.165) is 31.5 Å². The summed E-state index contributed by atoms with van der Waals surface area (Å²) in [5, 5.41) is 3.27. The lowest BCUT2D eigenvalue weighted by atomic mass is 10.0. The van der Waals surface area contributed by atoms with Gasteiger partial charge in [0.25, 0.3) is 5.91 Å². The van der Waals surface area contributed by atoms with Gasteiger partial charge in [-0.15, -0.1) is 0 Å². The second-order valence-corrected chi connectivity index (χ2v) is 5.18. The molecule has 1 atom stereocenters. The zero-order valence-electron chi connectivity index (χ0n) is 11.5. The summed E-state index contributed by atoms with van der Waals surface area (Å²) >= 11 is 0. The van der Waals surface area contributed by atoms with Crippen molar-refractivity contribution in [2.24, 2.45) is 0 Å². The lowest BCUT2D eigenvalue weighted by Gasteiger charge is -2.32. The molecule has 0 radical (unpaired) electrons. The first kappa shape index (κ1) is 13.1. The Bertz CT molecular complexity index is 442. The van der Waals surface area contributed by atoms with Crippen LogP contribution in [0.1, 0.15) is 34.3 Å². The van der Waals surface area contributed by atoms with E-state index in [9.17, 15) is 4.79 Å². The van der Waals surface area contributed by atoms with Crippen LogP contribution in [0.15, 0.2) is 18.2 Å². The van der Waals surface area contributed by atoms with Gasteiger partial charge in [-0.2, -0.15) is 0 Å². The number of piperidine rings is 1. The lowest BCUT2D eigenvalue weighted by molar-refractivity contribution is 0.0698. The highest BCUT2D eigenvalue weighted by atomic mass is 16.2. The average molecular weight is 246 g/mol. The van der Waals surface area contributed by atoms with Crippen molar-refractivity contribution in [3.8, 4) is 0 Å². The van der Waals surface area contributed by atoms with E-state index >= 15 is 0 Å². The van der Waals surface area contributed by atoms with Crippen LogP contribution < -0.4 is 5.32 Å². The van der Waals surface area contributed by atoms with Gasteiger partial charge in [-0.3, -0.25) is 4.79 Å². The fourth-order valence-electron chi connectivity index (χ4n) is 2.45. The maximum Gasteiger partial charge on any atom is 0.253 e. The van der Waals surface area contributed by atoms with Crippen molar-refractivity contribution in [2.75, 3.05) is 20.1 Å². The Kier molecular flexibility index (Phi) is 4.02. The number of likely N-dealkylation sites (tertiary alicyclic amines) is 1. The first-order chi connectivity index (χ1) is 8.61. The highest BCUT2D eigenvalue weighted by Crippen LogP contribution is 2.16. The molecule has 1 aliphatic heterocycles. The van der Waals surface area contributed by atoms with Gasteiger partial charge < -0.3 is 10.2 Å². The van der Waals surface area contributed by atoms with Crippen molar-refractivity contribution in [1.82, 2.24) is 10.2 Å². The van der Waals surface area contributed by atoms with Crippen LogP contribution in [0, 0.1) is 13.8 Å². The molecule has 18 heavy (non-hydrogen) atoms. The van der Waals surface area contributed by atoms with Gasteiger partial charge in [-0.05, 0) is 57.0 Å². The van der Waals surface area contributed by atoms with Crippen molar-refractivity contribution in [3.63, 3.8) is 0 Å². The van der Waals surface area contributed by atoms with Gasteiger partial charge in [0, 0.05) is 24.7 Å². The highest BCUT2D eigenvalue weighted by molar-refractivity contribution is 5.94. The third kappa shape index (κ3) is 2.72. The second kappa shape index (κ2) is 5.53. The fraction of sp³-hybridized carbons (Fsp3) is 0.533. The third-order valence-electron chi connectivity index (χ3n) is 3.87. The van der Waals surface area contributed by atoms with Crippen LogP contribution in [-0.2, 0) is 0 Å². The molecule has 1 aromatic rings. The molecule has 1 aliphatic rings. The topological polar surface area (TPSA) is 32.3 Å². The molecule has 3 nitrogen and oxygen atoms in total. The van der Waals surface area contributed by atoms with E-state index in [1.807, 2.05) is 30.1 Å². The van der Waals surface area contributed by atoms with Crippen LogP contribution in [0.2, 0.25) is 0 Å². The Labute approximate surface area is 109 Å². The summed E-state index contributed by atoms with van der Waals surface area (Å²) in [6.45, 7) is 5.83. The number of nitrogens with zero attached hydrogens (tertiary/aromatic N) is 1. The normalized spacial score (nSPS) is 19.9. The molecule has 0 aliphatic carbocycles. The number of benzene rings is 1. The largest absolute Gasteiger partial charge is 0.337 e. The number of likely N-dealkylation sites (N-methyl/N-ethyl adjacent to an activating group) is 1. The van der Waals surface area contributed by atoms with E-state index in [1.54, 1.807) is 0 Å². The lowest BCUT2D eigenvalue weighted by Crippen LogP contribution is -2.46. The molecule has 0 spiro atoms. The molecule has 2 rings (SSSR count). The minimum absolute atomic E-state index is 0.165. The quantitative estimate of drug-likeness (QED) is 0.867. The molecule has 1 aromatic carbocycles. The summed E-state index contributed by atoms with van der Waals surface area (Å²) in [7, 11) is 1.97. The number of amides is 1. The molecule has 0 aromatic heterocycles. The molecule has 3 heteroatoms. The van der Waals surface area contributed by atoms with Gasteiger partial charge in [-0.25, -0.2) is 0 Å². The molecule has 0 bridgehead atoms. The van der Waals surface area contributed by atoms with Crippen molar-refractivity contribution in [1.29, 1.82) is 0 Å². The second-order valence-electron chi connectivity index (χ2n) is 5.18. The Hall–Kier alpha value is -1.35. The Morgan fingerprint density at radius 3 is 2.78 bits per heavy atom. The van der Waals surface area contributed by atoms with E-state index in [1.165, 1.54) is 11.1 Å². The van der Waals surface area contributed by atoms with E-state index in [-0.39, 0.29) is 5.91 Å². The van der Waals surface area contributed by atoms with E-state index in [4.69, 9.17) is 0 Å². The minimum atomic E-state index is 0.165. The van der Waals surface area contributed by atoms with Crippen molar-refractivity contribution >= 4 is 5.91 Å². The van der Waals surface area contributed by atoms with E-state index in [2.05, 4.69) is 19.2 Å². The maximum atomic E-state index is 12.4. The summed E-state index contributed by atoms with van der Waals surface area (Å²) in [6.07, 6.45) is 2.25. The maximum absolute atomic E-state index is 12.4. The van der Waals surface area contributed by atoms with Crippen molar-refractivity contribution in [2.45, 2.75) is 32.7 Å². The number of carbonyl (C=O) groups is 1. The van der Waals surface area contributed by atoms with Crippen LogP contribution in [-0.4, -0.2) is 37.0 Å². The van der Waals surface area contributed by atoms with E-state index in [0.29, 0.717) is 6.04 Å². The summed E-state index contributed by atoms with van der Waals surface area (Å²) in [5.41, 5.74) is 3.23. The number of rotatable bonds is 2. The standard InChI is InChI=1S/C15H22N2O/c1-11-6-7-13(9-12(11)2)15(18)17-8-4-5-14(10-17)16-3/h6-7,9,14,16H,4-5,8,10H2,1-3H3/t14-/m0/s1. The SMILES string of the molecule is CN[C@H]1CCCN(C(=O)c2ccc(C)c(C)c2)C1. The average Bonchev–Trinajstić information content (AvgIpc) is 2.41. The Morgan fingerprint density at radius 2 is 2.11 bits per heavy atom. The molecule has 1 saturated heterocycles. The van der Waals surface area contributed by atoms with Gasteiger partial charge in [0.05, 0.1) is 0 Å². The smallest absolute Gasteiger partial charge is 0.253 e. The summed E-state index contributed by atoms with van der Waals surface area (Å²) in [5.74, 6) is 0.165. The molecule has 1 heterocycles. The van der Waals surface area contributed by atoms with Crippen LogP contribution >= 0.6 is 0 Å². The fourth-order valence-corrected chi connectivity index (χ4v) is 2.45. The molecule has 0 saturated carbocycles. The number of hydrogen-bond donors (Lipinski definition) is 1. The molecular weight excluding hydrogens is 224 g/mol. The molecule has 1 N–H and O–H groups in total. The van der Waals surface area contributed by atoms with Crippen molar-refractivity contribution < 1.29 is 4.79 Å². The van der Waals surface area contributed by atoms with Crippen LogP contribution in [0.4, 0.5) is 0 Å². The molecular formula is C15H22N2O. The zero-order chi connectivity index (χ0) is 13.1. The first-order valence-corrected chi connectivity index (χ1v) is 6.65. The molecule has 1 fully saturated rings. The Morgan fingerprint density at radius 1 is 1.33 bits per heavy atom. The first-order valence-electron chi connectivity index (χ1n) is 6.65. The molecule has 98 valence electrons. The van der Waals surface area contributed by atoms with Crippen LogP contribution in [0.25, 0.3) is 0 Å². The monoisotopic (exact) mass is 246 g/mol. The predicted molar refractivity (Wildman–Crippen MR) is 73.9 cm³/mol. The highest BCUT2D eigenvalue weighted by Gasteiger charge is 2.23. The number of hydrogen-bond acceptors (Lipinski definition) is 2. The zero-order valence-corrected chi connectivity index (χ0v) is 11.5. The molecule has 1 amide bonds. The van der Waals surface area contributed by atoms with Gasteiger partial charge in [0.1, 0.15) is 0 Å². The van der Waals surface area contributed by atoms with Crippen LogP contribution in [0.3, 0.4) is 0 Å². The van der Waals surface area contributed by atoms with Crippen molar-refractivity contribution in [3.05, 3.63) is 34.9 Å². The summed E-state index contributed by atoms with van der Waals surface area (Å²) in [4.78, 5) is 14.4. The summed E-state index contributed by atoms with van der Waals surface area (Å²) < 4.78 is 0. The Balaban J connectivity index is 2.12. The van der Waals surface area contributed by atoms with Crippen LogP contribution in [0.5, 0.6) is 0 Å². The third-order valence-corrected chi connectivity index (χ3v) is 3.87.